The molecule has 4 heterocycles. The van der Waals surface area contributed by atoms with Gasteiger partial charge in [0.1, 0.15) is 23.6 Å². The van der Waals surface area contributed by atoms with Gasteiger partial charge < -0.3 is 25.3 Å². The number of aliphatic hydroxyl groups excluding tert-OH is 1. The van der Waals surface area contributed by atoms with Crippen LogP contribution in [0.1, 0.15) is 11.9 Å². The zero-order valence-corrected chi connectivity index (χ0v) is 18.0. The third kappa shape index (κ3) is 3.81. The first-order valence-electron chi connectivity index (χ1n) is 9.94. The number of nitrogens with zero attached hydrogens (tertiary/aromatic N) is 4. The second kappa shape index (κ2) is 8.55. The van der Waals surface area contributed by atoms with Gasteiger partial charge >= 0.3 is 6.61 Å². The smallest absolute Gasteiger partial charge is 0.388 e. The number of hydrogen-bond donors (Lipinski definition) is 3. The summed E-state index contributed by atoms with van der Waals surface area (Å²) >= 11 is 1.06. The van der Waals surface area contributed by atoms with Crippen molar-refractivity contribution in [2.45, 2.75) is 18.8 Å². The fraction of sp³-hybridized carbons (Fsp3) is 0.250. The highest BCUT2D eigenvalue weighted by Crippen LogP contribution is 2.31. The molecule has 1 aliphatic heterocycles. The number of carbonyl (C=O) groups is 1. The molecule has 1 aromatic carbocycles. The number of carbonyl (C=O) groups excluding carboxylic acids is 1. The van der Waals surface area contributed by atoms with Crippen LogP contribution in [0.2, 0.25) is 0 Å². The van der Waals surface area contributed by atoms with Gasteiger partial charge in [-0.3, -0.25) is 14.5 Å². The molecule has 4 N–H and O–H groups in total. The lowest BCUT2D eigenvalue weighted by molar-refractivity contribution is -0.143. The monoisotopic (exact) mass is 490 g/mol. The van der Waals surface area contributed by atoms with Crippen molar-refractivity contribution < 1.29 is 28.2 Å². The Morgan fingerprint density at radius 1 is 1.26 bits per heavy atom. The molecule has 1 aliphatic rings. The zero-order valence-electron chi connectivity index (χ0n) is 17.1. The van der Waals surface area contributed by atoms with Gasteiger partial charge in [0.2, 0.25) is 5.88 Å². The molecular weight excluding hydrogens is 474 g/mol. The highest BCUT2D eigenvalue weighted by atomic mass is 32.1. The fourth-order valence-corrected chi connectivity index (χ4v) is 4.56. The van der Waals surface area contributed by atoms with Crippen molar-refractivity contribution in [2.24, 2.45) is 0 Å². The third-order valence-electron chi connectivity index (χ3n) is 5.24. The van der Waals surface area contributed by atoms with Crippen LogP contribution in [0.5, 0.6) is 5.88 Å². The number of aromatic amines is 1. The van der Waals surface area contributed by atoms with Crippen molar-refractivity contribution in [3.05, 3.63) is 46.5 Å². The van der Waals surface area contributed by atoms with Crippen LogP contribution in [0.25, 0.3) is 21.0 Å². The summed E-state index contributed by atoms with van der Waals surface area (Å²) < 4.78 is 39.4. The van der Waals surface area contributed by atoms with E-state index in [0.29, 0.717) is 15.9 Å². The van der Waals surface area contributed by atoms with E-state index in [1.54, 1.807) is 12.1 Å². The first-order chi connectivity index (χ1) is 16.3. The van der Waals surface area contributed by atoms with E-state index in [9.17, 15) is 23.5 Å². The van der Waals surface area contributed by atoms with E-state index in [1.165, 1.54) is 23.1 Å². The summed E-state index contributed by atoms with van der Waals surface area (Å²) in [7, 11) is 0. The van der Waals surface area contributed by atoms with Crippen LogP contribution in [0, 0.1) is 0 Å². The molecule has 2 atom stereocenters. The standard InChI is InChI=1S/C20H16F2N6O5S/c21-20(22)33-11-3-1-2-10(25-11)28-6-7-32-14(19(28)31)13(29)17-24-9-5-4-8-15(34-27-16(8)23)12(9)18(30)26-17/h1-5,13-14,20,29H,6-7H2,(H2,23,27)(H,24,26,30)/t13-,14?/m1/s1. The minimum absolute atomic E-state index is 0.0215. The lowest BCUT2D eigenvalue weighted by atomic mass is 10.1. The molecule has 0 spiro atoms. The molecule has 0 bridgehead atoms. The molecule has 11 nitrogen and oxygen atoms in total. The first kappa shape index (κ1) is 22.1. The van der Waals surface area contributed by atoms with Crippen LogP contribution in [0.3, 0.4) is 0 Å². The van der Waals surface area contributed by atoms with Crippen LogP contribution in [-0.2, 0) is 9.53 Å². The van der Waals surface area contributed by atoms with Gasteiger partial charge in [-0.1, -0.05) is 6.07 Å². The van der Waals surface area contributed by atoms with E-state index in [4.69, 9.17) is 10.5 Å². The van der Waals surface area contributed by atoms with Gasteiger partial charge in [-0.15, -0.1) is 0 Å². The number of benzene rings is 1. The maximum atomic E-state index is 13.1. The van der Waals surface area contributed by atoms with Gasteiger partial charge in [-0.05, 0) is 29.7 Å². The molecule has 1 saturated heterocycles. The average Bonchev–Trinajstić information content (AvgIpc) is 3.19. The summed E-state index contributed by atoms with van der Waals surface area (Å²) in [6, 6.07) is 7.31. The number of hydrogen-bond acceptors (Lipinski definition) is 10. The summed E-state index contributed by atoms with van der Waals surface area (Å²) in [5, 5.41) is 11.8. The Hall–Kier alpha value is -3.75. The maximum Gasteiger partial charge on any atom is 0.388 e. The summed E-state index contributed by atoms with van der Waals surface area (Å²) in [4.78, 5) is 37.8. The number of pyridine rings is 1. The lowest BCUT2D eigenvalue weighted by Crippen LogP contribution is -2.51. The van der Waals surface area contributed by atoms with E-state index in [1.807, 2.05) is 0 Å². The van der Waals surface area contributed by atoms with E-state index < -0.39 is 30.3 Å². The number of nitrogen functional groups attached to an aromatic ring is 1. The van der Waals surface area contributed by atoms with E-state index in [0.717, 1.165) is 11.5 Å². The predicted molar refractivity (Wildman–Crippen MR) is 118 cm³/mol. The van der Waals surface area contributed by atoms with Crippen molar-refractivity contribution in [1.82, 2.24) is 19.3 Å². The Balaban J connectivity index is 1.46. The van der Waals surface area contributed by atoms with Crippen LogP contribution in [0.15, 0.2) is 35.1 Å². The first-order valence-corrected chi connectivity index (χ1v) is 10.7. The molecule has 1 amide bonds. The maximum absolute atomic E-state index is 13.1. The fourth-order valence-electron chi connectivity index (χ4n) is 3.72. The molecule has 5 rings (SSSR count). The second-order valence-electron chi connectivity index (χ2n) is 7.29. The number of halogens is 2. The van der Waals surface area contributed by atoms with Gasteiger partial charge in [-0.2, -0.15) is 18.1 Å². The van der Waals surface area contributed by atoms with Gasteiger partial charge in [0.25, 0.3) is 11.5 Å². The number of morpholine rings is 1. The number of ether oxygens (including phenoxy) is 2. The Morgan fingerprint density at radius 2 is 2.09 bits per heavy atom. The SMILES string of the molecule is Nc1nsc2c1ccc1nc([C@H](O)C3OCCN(c4cccc(OC(F)F)n4)C3=O)[nH]c(=O)c12. The number of fused-ring (bicyclic) bond motifs is 3. The number of amides is 1. The molecule has 4 aromatic rings. The number of aromatic nitrogens is 4. The number of alkyl halides is 2. The van der Waals surface area contributed by atoms with Crippen LogP contribution < -0.4 is 20.9 Å². The Bertz CT molecular complexity index is 1460. The summed E-state index contributed by atoms with van der Waals surface area (Å²) in [5.41, 5.74) is 5.57. The number of nitrogens with one attached hydrogen (secondary N) is 1. The van der Waals surface area contributed by atoms with E-state index in [-0.39, 0.29) is 41.6 Å². The van der Waals surface area contributed by atoms with Crippen LogP contribution >= 0.6 is 11.5 Å². The van der Waals surface area contributed by atoms with Gasteiger partial charge in [0.05, 0.1) is 28.8 Å². The topological polar surface area (TPSA) is 157 Å². The van der Waals surface area contributed by atoms with Crippen molar-refractivity contribution >= 4 is 50.1 Å². The number of nitrogens with two attached hydrogens (primary N) is 1. The molecule has 176 valence electrons. The van der Waals surface area contributed by atoms with Crippen molar-refractivity contribution in [3.63, 3.8) is 0 Å². The molecule has 14 heteroatoms. The van der Waals surface area contributed by atoms with Crippen molar-refractivity contribution in [2.75, 3.05) is 23.8 Å². The number of anilines is 2. The minimum Gasteiger partial charge on any atom is -0.417 e. The molecule has 1 unspecified atom stereocenters. The summed E-state index contributed by atoms with van der Waals surface area (Å²) in [6.45, 7) is -2.98. The Kier molecular flexibility index (Phi) is 5.55. The highest BCUT2D eigenvalue weighted by Gasteiger charge is 2.38. The van der Waals surface area contributed by atoms with Crippen LogP contribution in [-0.4, -0.2) is 56.2 Å². The molecule has 1 fully saturated rings. The highest BCUT2D eigenvalue weighted by molar-refractivity contribution is 7.14. The van der Waals surface area contributed by atoms with Crippen molar-refractivity contribution in [1.29, 1.82) is 0 Å². The molecule has 34 heavy (non-hydrogen) atoms. The number of H-pyrrole nitrogens is 1. The lowest BCUT2D eigenvalue weighted by Gasteiger charge is -2.33. The van der Waals surface area contributed by atoms with Crippen LogP contribution in [0.4, 0.5) is 20.4 Å². The average molecular weight is 490 g/mol. The Morgan fingerprint density at radius 3 is 2.88 bits per heavy atom. The largest absolute Gasteiger partial charge is 0.417 e. The summed E-state index contributed by atoms with van der Waals surface area (Å²) in [6.07, 6.45) is -3.03. The molecule has 3 aromatic heterocycles. The normalized spacial score (nSPS) is 17.6. The zero-order chi connectivity index (χ0) is 24.0. The van der Waals surface area contributed by atoms with E-state index in [2.05, 4.69) is 24.1 Å². The second-order valence-corrected chi connectivity index (χ2v) is 8.07. The molecular formula is C20H16F2N6O5S. The quantitative estimate of drug-likeness (QED) is 0.378. The van der Waals surface area contributed by atoms with E-state index >= 15 is 0 Å². The van der Waals surface area contributed by atoms with Gasteiger partial charge in [-0.25, -0.2) is 4.98 Å². The van der Waals surface area contributed by atoms with Crippen molar-refractivity contribution in [3.8, 4) is 5.88 Å². The molecule has 0 aliphatic carbocycles. The van der Waals surface area contributed by atoms with Gasteiger partial charge in [0.15, 0.2) is 6.10 Å². The summed E-state index contributed by atoms with van der Waals surface area (Å²) in [5.74, 6) is -0.872. The third-order valence-corrected chi connectivity index (χ3v) is 6.13. The number of rotatable bonds is 5. The Labute approximate surface area is 192 Å². The molecule has 0 radical (unpaired) electrons. The minimum atomic E-state index is -3.07. The molecule has 0 saturated carbocycles. The number of aliphatic hydroxyl groups is 1. The van der Waals surface area contributed by atoms with Gasteiger partial charge in [0, 0.05) is 11.5 Å². The predicted octanol–water partition coefficient (Wildman–Crippen LogP) is 1.58.